The van der Waals surface area contributed by atoms with Gasteiger partial charge in [0.25, 0.3) is 0 Å². The Balaban J connectivity index is 2.15. The summed E-state index contributed by atoms with van der Waals surface area (Å²) in [5.74, 6) is 0.776. The number of para-hydroxylation sites is 2. The number of rotatable bonds is 7. The molecule has 0 unspecified atom stereocenters. The minimum atomic E-state index is -4.81. The van der Waals surface area contributed by atoms with Crippen LogP contribution in [0.4, 0.5) is 18.9 Å². The van der Waals surface area contributed by atoms with Gasteiger partial charge in [0, 0.05) is 5.41 Å². The first-order valence-electron chi connectivity index (χ1n) is 8.70. The predicted molar refractivity (Wildman–Crippen MR) is 106 cm³/mol. The number of nitrogens with zero attached hydrogens (tertiary/aromatic N) is 1. The zero-order valence-electron chi connectivity index (χ0n) is 16.6. The molecule has 0 aliphatic carbocycles. The van der Waals surface area contributed by atoms with E-state index >= 15 is 0 Å². The van der Waals surface area contributed by atoms with Crippen LogP contribution in [0.25, 0.3) is 0 Å². The van der Waals surface area contributed by atoms with E-state index in [9.17, 15) is 13.2 Å². The van der Waals surface area contributed by atoms with Gasteiger partial charge in [0.05, 0.1) is 26.5 Å². The molecule has 2 aromatic rings. The molecule has 0 atom stereocenters. The van der Waals surface area contributed by atoms with Gasteiger partial charge in [0.15, 0.2) is 23.2 Å². The van der Waals surface area contributed by atoms with E-state index < -0.39 is 17.5 Å². The number of hydrogen-bond donors (Lipinski definition) is 2. The molecule has 0 fully saturated rings. The normalized spacial score (nSPS) is 12.4. The van der Waals surface area contributed by atoms with E-state index in [1.54, 1.807) is 26.4 Å². The van der Waals surface area contributed by atoms with Gasteiger partial charge in [0.2, 0.25) is 0 Å². The molecule has 3 N–H and O–H groups in total. The largest absolute Gasteiger partial charge is 0.573 e. The Morgan fingerprint density at radius 1 is 1.00 bits per heavy atom. The molecule has 2 aromatic carbocycles. The van der Waals surface area contributed by atoms with Crippen molar-refractivity contribution in [3.63, 3.8) is 0 Å². The van der Waals surface area contributed by atoms with Crippen molar-refractivity contribution >= 4 is 11.6 Å². The van der Waals surface area contributed by atoms with Crippen LogP contribution in [0.3, 0.4) is 0 Å². The molecule has 29 heavy (non-hydrogen) atoms. The Kier molecular flexibility index (Phi) is 6.84. The summed E-state index contributed by atoms with van der Waals surface area (Å²) in [5.41, 5.74) is 6.46. The highest BCUT2D eigenvalue weighted by molar-refractivity contribution is 5.93. The molecule has 0 bridgehead atoms. The molecule has 6 nitrogen and oxygen atoms in total. The number of alkyl halides is 3. The Morgan fingerprint density at radius 3 is 2.28 bits per heavy atom. The lowest BCUT2D eigenvalue weighted by molar-refractivity contribution is -0.274. The van der Waals surface area contributed by atoms with E-state index in [1.165, 1.54) is 18.2 Å². The second-order valence-corrected chi connectivity index (χ2v) is 6.82. The zero-order valence-corrected chi connectivity index (χ0v) is 16.6. The molecule has 0 spiro atoms. The molecule has 0 aromatic heterocycles. The number of nitrogens with two attached hydrogens (primary N) is 1. The van der Waals surface area contributed by atoms with Gasteiger partial charge < -0.3 is 25.3 Å². The Hall–Kier alpha value is -3.10. The van der Waals surface area contributed by atoms with Crippen LogP contribution < -0.4 is 25.3 Å². The number of methoxy groups -OCH3 is 2. The highest BCUT2D eigenvalue weighted by Crippen LogP contribution is 2.33. The number of ether oxygens (including phenoxy) is 3. The number of aliphatic imine (C=N–C) groups is 1. The van der Waals surface area contributed by atoms with Gasteiger partial charge in [-0.25, -0.2) is 0 Å². The van der Waals surface area contributed by atoms with E-state index in [0.29, 0.717) is 11.5 Å². The summed E-state index contributed by atoms with van der Waals surface area (Å²) >= 11 is 0. The second kappa shape index (κ2) is 8.93. The lowest BCUT2D eigenvalue weighted by atomic mass is 9.84. The average Bonchev–Trinajstić information content (AvgIpc) is 2.66. The van der Waals surface area contributed by atoms with Gasteiger partial charge in [-0.3, -0.25) is 4.99 Å². The van der Waals surface area contributed by atoms with E-state index in [1.807, 2.05) is 26.0 Å². The van der Waals surface area contributed by atoms with Gasteiger partial charge in [-0.1, -0.05) is 32.0 Å². The van der Waals surface area contributed by atoms with Crippen LogP contribution in [0.15, 0.2) is 47.5 Å². The smallest absolute Gasteiger partial charge is 0.493 e. The van der Waals surface area contributed by atoms with E-state index in [4.69, 9.17) is 15.2 Å². The van der Waals surface area contributed by atoms with Crippen molar-refractivity contribution in [1.82, 2.24) is 0 Å². The van der Waals surface area contributed by atoms with E-state index in [2.05, 4.69) is 15.0 Å². The van der Waals surface area contributed by atoms with Crippen molar-refractivity contribution in [2.75, 3.05) is 26.1 Å². The number of hydrogen-bond acceptors (Lipinski definition) is 4. The summed E-state index contributed by atoms with van der Waals surface area (Å²) in [7, 11) is 3.11. The first kappa shape index (κ1) is 22.2. The topological polar surface area (TPSA) is 78.1 Å². The molecule has 2 rings (SSSR count). The van der Waals surface area contributed by atoms with Crippen molar-refractivity contribution in [3.05, 3.63) is 48.0 Å². The number of anilines is 1. The van der Waals surface area contributed by atoms with Gasteiger partial charge in [-0.15, -0.1) is 13.2 Å². The summed E-state index contributed by atoms with van der Waals surface area (Å²) in [6.07, 6.45) is -4.81. The SMILES string of the molecule is COc1ccc(C(C)(C)CN=C(N)Nc2ccccc2OC(F)(F)F)cc1OC. The minimum absolute atomic E-state index is 0.0308. The van der Waals surface area contributed by atoms with Crippen LogP contribution in [0.5, 0.6) is 17.2 Å². The van der Waals surface area contributed by atoms with Crippen molar-refractivity contribution < 1.29 is 27.4 Å². The fourth-order valence-corrected chi connectivity index (χ4v) is 2.59. The third-order valence-corrected chi connectivity index (χ3v) is 4.19. The summed E-state index contributed by atoms with van der Waals surface area (Å²) in [6, 6.07) is 11.1. The molecule has 0 heterocycles. The highest BCUT2D eigenvalue weighted by atomic mass is 19.4. The van der Waals surface area contributed by atoms with Gasteiger partial charge in [-0.05, 0) is 29.8 Å². The zero-order chi connectivity index (χ0) is 21.7. The highest BCUT2D eigenvalue weighted by Gasteiger charge is 2.32. The van der Waals surface area contributed by atoms with E-state index in [0.717, 1.165) is 5.56 Å². The van der Waals surface area contributed by atoms with Gasteiger partial charge in [0.1, 0.15) is 0 Å². The fraction of sp³-hybridized carbons (Fsp3) is 0.350. The lowest BCUT2D eigenvalue weighted by Gasteiger charge is -2.24. The Bertz CT molecular complexity index is 868. The molecular formula is C20H24F3N3O3. The number of benzene rings is 2. The number of guanidine groups is 1. The Labute approximate surface area is 167 Å². The van der Waals surface area contributed by atoms with Crippen LogP contribution in [-0.2, 0) is 5.41 Å². The van der Waals surface area contributed by atoms with Crippen molar-refractivity contribution in [1.29, 1.82) is 0 Å². The van der Waals surface area contributed by atoms with Crippen LogP contribution in [0, 0.1) is 0 Å². The standard InChI is InChI=1S/C20H24F3N3O3/c1-19(2,13-9-10-16(27-3)17(11-13)28-4)12-25-18(24)26-14-7-5-6-8-15(14)29-20(21,22)23/h5-11H,12H2,1-4H3,(H3,24,25,26). The summed E-state index contributed by atoms with van der Waals surface area (Å²) in [5, 5.41) is 2.66. The third-order valence-electron chi connectivity index (χ3n) is 4.19. The fourth-order valence-electron chi connectivity index (χ4n) is 2.59. The van der Waals surface area contributed by atoms with Crippen molar-refractivity contribution in [2.45, 2.75) is 25.6 Å². The molecular weight excluding hydrogens is 387 g/mol. The first-order valence-corrected chi connectivity index (χ1v) is 8.70. The van der Waals surface area contributed by atoms with Gasteiger partial charge >= 0.3 is 6.36 Å². The summed E-state index contributed by atoms with van der Waals surface area (Å²) in [6.45, 7) is 4.21. The maximum atomic E-state index is 12.5. The molecule has 0 aliphatic heterocycles. The minimum Gasteiger partial charge on any atom is -0.493 e. The molecule has 0 radical (unpaired) electrons. The molecule has 158 valence electrons. The maximum Gasteiger partial charge on any atom is 0.573 e. The van der Waals surface area contributed by atoms with Crippen molar-refractivity contribution in [2.24, 2.45) is 10.7 Å². The molecule has 0 aliphatic rings. The number of halogens is 3. The van der Waals surface area contributed by atoms with Gasteiger partial charge in [-0.2, -0.15) is 0 Å². The van der Waals surface area contributed by atoms with Crippen LogP contribution >= 0.6 is 0 Å². The number of nitrogens with one attached hydrogen (secondary N) is 1. The monoisotopic (exact) mass is 411 g/mol. The second-order valence-electron chi connectivity index (χ2n) is 6.82. The molecule has 0 saturated heterocycles. The van der Waals surface area contributed by atoms with Crippen LogP contribution in [0.2, 0.25) is 0 Å². The molecule has 9 heteroatoms. The van der Waals surface area contributed by atoms with E-state index in [-0.39, 0.29) is 18.2 Å². The average molecular weight is 411 g/mol. The third kappa shape index (κ3) is 6.20. The van der Waals surface area contributed by atoms with Crippen LogP contribution in [0.1, 0.15) is 19.4 Å². The van der Waals surface area contributed by atoms with Crippen molar-refractivity contribution in [3.8, 4) is 17.2 Å². The molecule has 0 amide bonds. The lowest BCUT2D eigenvalue weighted by Crippen LogP contribution is -2.28. The first-order chi connectivity index (χ1) is 13.6. The summed E-state index contributed by atoms with van der Waals surface area (Å²) < 4.78 is 52.2. The van der Waals surface area contributed by atoms with Crippen LogP contribution in [-0.4, -0.2) is 33.1 Å². The molecule has 0 saturated carbocycles. The summed E-state index contributed by atoms with van der Waals surface area (Å²) in [4.78, 5) is 4.28. The maximum absolute atomic E-state index is 12.5. The Morgan fingerprint density at radius 2 is 1.66 bits per heavy atom. The predicted octanol–water partition coefficient (Wildman–Crippen LogP) is 4.31. The quantitative estimate of drug-likeness (QED) is 0.525.